The lowest BCUT2D eigenvalue weighted by Gasteiger charge is -2.14. The van der Waals surface area contributed by atoms with Crippen LogP contribution in [0.4, 0.5) is 79.7 Å². The fourth-order valence-electron chi connectivity index (χ4n) is 12.9. The molecule has 119 heavy (non-hydrogen) atoms. The summed E-state index contributed by atoms with van der Waals surface area (Å²) in [5, 5.41) is 36.8. The van der Waals surface area contributed by atoms with E-state index in [0.717, 1.165) is 136 Å². The minimum atomic E-state index is 0.647. The van der Waals surface area contributed by atoms with Crippen LogP contribution in [0.1, 0.15) is 5.82 Å². The Balaban J connectivity index is 0.000000111. The maximum atomic E-state index is 5.17. The highest BCUT2D eigenvalue weighted by Gasteiger charge is 2.19. The Kier molecular flexibility index (Phi) is 22.5. The number of H-pyrrole nitrogens is 1. The first-order valence-electron chi connectivity index (χ1n) is 37.4. The molecule has 0 aliphatic carbocycles. The Labute approximate surface area is 690 Å². The normalized spacial score (nSPS) is 11.0. The highest BCUT2D eigenvalue weighted by molar-refractivity contribution is 7.09. The van der Waals surface area contributed by atoms with Crippen molar-refractivity contribution in [3.63, 3.8) is 0 Å². The average molecular weight is 1620 g/mol. The van der Waals surface area contributed by atoms with Gasteiger partial charge in [0.1, 0.15) is 5.82 Å². The van der Waals surface area contributed by atoms with Crippen molar-refractivity contribution in [1.82, 2.24) is 111 Å². The fraction of sp³-hybridized carbons (Fsp3) is 0.131. The van der Waals surface area contributed by atoms with Gasteiger partial charge in [0.05, 0.1) is 90.6 Å². The second-order valence-electron chi connectivity index (χ2n) is 27.9. The number of aromatic nitrogens is 23. The maximum Gasteiger partial charge on any atom is 0.208 e. The van der Waals surface area contributed by atoms with E-state index in [1.807, 2.05) is 243 Å². The average Bonchev–Trinajstić information content (AvgIpc) is 1.67. The predicted molar refractivity (Wildman–Crippen MR) is 472 cm³/mol. The molecule has 0 amide bonds. The number of nitrogens with one attached hydrogen (secondary N) is 6. The summed E-state index contributed by atoms with van der Waals surface area (Å²) < 4.78 is 22.9. The van der Waals surface area contributed by atoms with Crippen LogP contribution in [0.5, 0.6) is 0 Å². The van der Waals surface area contributed by atoms with E-state index in [1.54, 1.807) is 70.4 Å². The molecule has 596 valence electrons. The molecule has 0 fully saturated rings. The first-order chi connectivity index (χ1) is 58.0. The van der Waals surface area contributed by atoms with Crippen molar-refractivity contribution >= 4 is 131 Å². The molecule has 0 atom stereocenters. The molecule has 0 radical (unpaired) electrons. The number of fused-ring (bicyclic) bond motifs is 5. The molecular formula is C84H82N32OS2. The Morgan fingerprint density at radius 3 is 1.05 bits per heavy atom. The van der Waals surface area contributed by atoms with Crippen molar-refractivity contribution in [2.24, 2.45) is 14.1 Å². The highest BCUT2D eigenvalue weighted by Crippen LogP contribution is 2.34. The van der Waals surface area contributed by atoms with Crippen molar-refractivity contribution in [2.45, 2.75) is 6.92 Å². The molecule has 0 spiro atoms. The van der Waals surface area contributed by atoms with Gasteiger partial charge < -0.3 is 50.6 Å². The van der Waals surface area contributed by atoms with Crippen LogP contribution in [-0.4, -0.2) is 167 Å². The Morgan fingerprint density at radius 2 is 0.748 bits per heavy atom. The van der Waals surface area contributed by atoms with Gasteiger partial charge in [-0.2, -0.15) is 31.0 Å². The first-order valence-corrected chi connectivity index (χ1v) is 39.1. The van der Waals surface area contributed by atoms with E-state index in [1.165, 1.54) is 17.1 Å². The SMILES string of the molecule is CN(C)c1cccc(Nc2nccn3c(-c4ccoc4)cnc23)c1.CN(C)c1cccc(Nc2nccn3c(-c4ccsc4)cnc23)c1.CN(C)c1cccc(Nc2nccn3c(-c4cn[nH]c4)cnc23)c1.CN(C)c1cccc(Nc2nccn3c(-c4cnn(C)c4)cnc23)c1.Cc1nsc(Nc2nccn3c(-c4cnn(C)c4)cnc23)n1. The third-order valence-corrected chi connectivity index (χ3v) is 20.2. The summed E-state index contributed by atoms with van der Waals surface area (Å²) in [4.78, 5) is 57.3. The van der Waals surface area contributed by atoms with Crippen molar-refractivity contribution in [3.8, 4) is 56.3 Å². The van der Waals surface area contributed by atoms with E-state index in [9.17, 15) is 0 Å². The van der Waals surface area contributed by atoms with Crippen LogP contribution in [0, 0.1) is 6.92 Å². The standard InChI is InChI=1S/C18H19N7.C18H17N5O.C18H17N5S.C17H17N7.C13H12N8S/c1-23(2)15-6-4-5-14(9-15)22-17-18-20-11-16(25(18)8-7-19-17)13-10-21-24(3)12-13;2*1-22(2)15-5-3-4-14(10-15)21-17-18-20-11-16(13-6-9-24-12-13)23(18)8-7-19-17;1-23(2)14-5-3-4-13(8-14)22-16-17-19-11-15(12-9-20-21-10-12)24(17)7-6-18-16;1-8-17-13(22-19-8)18-11-12-15-6-10(21(12)4-3-14-11)9-5-16-20(2)7-9/h4-12H,1-3H3,(H,19,22);2*3-12H,1-2H3,(H,19,21);3-11H,1-2H3,(H,18,22)(H,20,21);3-7H,1-2H3,(H,14,17,18,19). The van der Waals surface area contributed by atoms with Gasteiger partial charge in [0.2, 0.25) is 5.13 Å². The monoisotopic (exact) mass is 1620 g/mol. The molecule has 16 heterocycles. The molecule has 0 aliphatic rings. The number of hydrogen-bond acceptors (Lipinski definition) is 27. The van der Waals surface area contributed by atoms with Gasteiger partial charge >= 0.3 is 0 Å². The lowest BCUT2D eigenvalue weighted by Crippen LogP contribution is -2.08. The zero-order valence-corrected chi connectivity index (χ0v) is 68.3. The van der Waals surface area contributed by atoms with E-state index in [2.05, 4.69) is 196 Å². The molecule has 16 aromatic heterocycles. The molecule has 33 nitrogen and oxygen atoms in total. The number of rotatable bonds is 19. The lowest BCUT2D eigenvalue weighted by atomic mass is 10.2. The maximum absolute atomic E-state index is 5.17. The quantitative estimate of drug-likeness (QED) is 0.0438. The van der Waals surface area contributed by atoms with E-state index in [4.69, 9.17) is 4.42 Å². The number of aromatic amines is 1. The number of aryl methyl sites for hydroxylation is 3. The summed E-state index contributed by atoms with van der Waals surface area (Å²) in [6.07, 6.45) is 42.1. The number of benzene rings is 4. The first kappa shape index (κ1) is 77.3. The number of hydrogen-bond donors (Lipinski definition) is 6. The largest absolute Gasteiger partial charge is 0.472 e. The minimum Gasteiger partial charge on any atom is -0.472 e. The summed E-state index contributed by atoms with van der Waals surface area (Å²) in [5.41, 5.74) is 22.3. The van der Waals surface area contributed by atoms with Gasteiger partial charge in [-0.3, -0.25) is 36.5 Å². The van der Waals surface area contributed by atoms with E-state index >= 15 is 0 Å². The number of thiophene rings is 1. The van der Waals surface area contributed by atoms with Crippen LogP contribution < -0.4 is 46.2 Å². The Bertz CT molecular complexity index is 6390. The zero-order valence-electron chi connectivity index (χ0n) is 66.7. The summed E-state index contributed by atoms with van der Waals surface area (Å²) in [6.45, 7) is 1.85. The van der Waals surface area contributed by atoms with E-state index in [-0.39, 0.29) is 0 Å². The summed E-state index contributed by atoms with van der Waals surface area (Å²) in [5.74, 6) is 4.27. The molecule has 35 heteroatoms. The molecule has 0 saturated heterocycles. The molecule has 0 saturated carbocycles. The second-order valence-corrected chi connectivity index (χ2v) is 29.5. The van der Waals surface area contributed by atoms with Gasteiger partial charge in [-0.1, -0.05) is 24.3 Å². The van der Waals surface area contributed by atoms with Gasteiger partial charge in [-0.25, -0.2) is 54.8 Å². The fourth-order valence-corrected chi connectivity index (χ4v) is 14.1. The van der Waals surface area contributed by atoms with E-state index in [0.29, 0.717) is 28.4 Å². The van der Waals surface area contributed by atoms with Crippen molar-refractivity contribution in [3.05, 3.63) is 268 Å². The third-order valence-electron chi connectivity index (χ3n) is 18.8. The highest BCUT2D eigenvalue weighted by atomic mass is 32.1. The van der Waals surface area contributed by atoms with E-state index < -0.39 is 0 Å². The van der Waals surface area contributed by atoms with Crippen LogP contribution in [0.25, 0.3) is 84.5 Å². The van der Waals surface area contributed by atoms with Crippen molar-refractivity contribution in [1.29, 1.82) is 0 Å². The molecular weight excluding hydrogens is 1540 g/mol. The van der Waals surface area contributed by atoms with Crippen LogP contribution in [0.3, 0.4) is 0 Å². The number of nitrogens with zero attached hydrogens (tertiary/aromatic N) is 26. The van der Waals surface area contributed by atoms with Gasteiger partial charge in [0, 0.05) is 241 Å². The molecule has 4 aromatic carbocycles. The van der Waals surface area contributed by atoms with Crippen molar-refractivity contribution < 1.29 is 4.42 Å². The molecule has 0 bridgehead atoms. The Hall–Kier alpha value is -15.7. The number of imidazole rings is 5. The van der Waals surface area contributed by atoms with Gasteiger partial charge in [-0.15, -0.1) is 0 Å². The molecule has 6 N–H and O–H groups in total. The third kappa shape index (κ3) is 17.4. The molecule has 20 rings (SSSR count). The molecule has 20 aromatic rings. The molecule has 0 unspecified atom stereocenters. The predicted octanol–water partition coefficient (Wildman–Crippen LogP) is 16.0. The Morgan fingerprint density at radius 1 is 0.387 bits per heavy atom. The topological polar surface area (TPSA) is 327 Å². The number of anilines is 14. The minimum absolute atomic E-state index is 0.647. The summed E-state index contributed by atoms with van der Waals surface area (Å²) >= 11 is 2.98. The van der Waals surface area contributed by atoms with Gasteiger partial charge in [0.25, 0.3) is 0 Å². The number of furan rings is 1. The molecule has 0 aliphatic heterocycles. The van der Waals surface area contributed by atoms with Crippen LogP contribution in [-0.2, 0) is 14.1 Å². The van der Waals surface area contributed by atoms with Crippen LogP contribution >= 0.6 is 22.9 Å². The van der Waals surface area contributed by atoms with Gasteiger partial charge in [0.15, 0.2) is 57.3 Å². The summed E-state index contributed by atoms with van der Waals surface area (Å²) in [7, 11) is 20.0. The smallest absolute Gasteiger partial charge is 0.208 e. The van der Waals surface area contributed by atoms with Crippen molar-refractivity contribution in [2.75, 3.05) is 103 Å². The zero-order chi connectivity index (χ0) is 82.0. The van der Waals surface area contributed by atoms with Crippen LogP contribution in [0.15, 0.2) is 267 Å². The second kappa shape index (κ2) is 34.6. The van der Waals surface area contributed by atoms with Crippen LogP contribution in [0.2, 0.25) is 0 Å². The van der Waals surface area contributed by atoms with Gasteiger partial charge in [-0.05, 0) is 97.2 Å². The summed E-state index contributed by atoms with van der Waals surface area (Å²) in [6, 6.07) is 36.7. The lowest BCUT2D eigenvalue weighted by molar-refractivity contribution is 0.568.